The predicted molar refractivity (Wildman–Crippen MR) is 58.0 cm³/mol. The summed E-state index contributed by atoms with van der Waals surface area (Å²) >= 11 is 0. The molecule has 0 aromatic heterocycles. The lowest BCUT2D eigenvalue weighted by Crippen LogP contribution is -2.56. The van der Waals surface area contributed by atoms with E-state index < -0.39 is 18.1 Å². The van der Waals surface area contributed by atoms with Gasteiger partial charge in [0.25, 0.3) is 5.91 Å². The first-order chi connectivity index (χ1) is 7.99. The average Bonchev–Trinajstić information content (AvgIpc) is 2.60. The van der Waals surface area contributed by atoms with Gasteiger partial charge < -0.3 is 0 Å². The van der Waals surface area contributed by atoms with Gasteiger partial charge >= 0.3 is 0 Å². The second-order valence-corrected chi connectivity index (χ2v) is 3.70. The highest BCUT2D eigenvalue weighted by Crippen LogP contribution is 2.18. The Kier molecular flexibility index (Phi) is 2.62. The quantitative estimate of drug-likeness (QED) is 0.519. The zero-order chi connectivity index (χ0) is 12.6. The molecule has 3 amide bonds. The summed E-state index contributed by atoms with van der Waals surface area (Å²) in [7, 11) is 0. The van der Waals surface area contributed by atoms with Crippen LogP contribution in [0.4, 0.5) is 0 Å². The molecule has 2 unspecified atom stereocenters. The first kappa shape index (κ1) is 11.2. The molecule has 2 rings (SSSR count). The van der Waals surface area contributed by atoms with Crippen molar-refractivity contribution in [2.45, 2.75) is 26.1 Å². The number of hydrogen-bond donors (Lipinski definition) is 2. The van der Waals surface area contributed by atoms with Crippen LogP contribution in [0.15, 0.2) is 9.98 Å². The van der Waals surface area contributed by atoms with E-state index in [-0.39, 0.29) is 17.8 Å². The summed E-state index contributed by atoms with van der Waals surface area (Å²) in [6.07, 6.45) is 0.584. The van der Waals surface area contributed by atoms with Gasteiger partial charge in [0.2, 0.25) is 17.8 Å². The van der Waals surface area contributed by atoms with Crippen LogP contribution in [0, 0.1) is 0 Å². The van der Waals surface area contributed by atoms with E-state index in [1.807, 2.05) is 0 Å². The van der Waals surface area contributed by atoms with Crippen molar-refractivity contribution in [3.63, 3.8) is 0 Å². The highest BCUT2D eigenvalue weighted by atomic mass is 16.2. The van der Waals surface area contributed by atoms with E-state index >= 15 is 0 Å². The van der Waals surface area contributed by atoms with Crippen molar-refractivity contribution < 1.29 is 14.4 Å². The number of amides is 3. The third-order valence-electron chi connectivity index (χ3n) is 2.35. The topological polar surface area (TPSA) is 103 Å². The maximum atomic E-state index is 11.6. The molecule has 0 aliphatic carbocycles. The van der Waals surface area contributed by atoms with E-state index in [0.29, 0.717) is 0 Å². The molecule has 0 saturated carbocycles. The van der Waals surface area contributed by atoms with Gasteiger partial charge in [-0.25, -0.2) is 4.99 Å². The molecule has 2 aliphatic rings. The van der Waals surface area contributed by atoms with Crippen molar-refractivity contribution in [3.8, 4) is 0 Å². The number of guanidine groups is 1. The SMILES string of the molecule is CC(=O)NC1=NC2C(N=CN2C(C)=O)C(=O)N1. The molecule has 0 aromatic carbocycles. The molecule has 0 spiro atoms. The normalized spacial score (nSPS) is 26.1. The van der Waals surface area contributed by atoms with Crippen LogP contribution in [0.3, 0.4) is 0 Å². The van der Waals surface area contributed by atoms with E-state index in [9.17, 15) is 14.4 Å². The zero-order valence-corrected chi connectivity index (χ0v) is 9.30. The number of carbonyl (C=O) groups is 3. The standard InChI is InChI=1S/C9H11N5O3/c1-4(15)11-9-12-7-6(8(17)13-9)10-3-14(7)5(2)16/h3,6-7H,1-2H3,(H2,11,12,13,15,17). The molecule has 2 heterocycles. The fraction of sp³-hybridized carbons (Fsp3) is 0.444. The summed E-state index contributed by atoms with van der Waals surface area (Å²) in [6.45, 7) is 2.66. The number of nitrogens with zero attached hydrogens (tertiary/aromatic N) is 3. The van der Waals surface area contributed by atoms with Crippen LogP contribution in [-0.2, 0) is 14.4 Å². The largest absolute Gasteiger partial charge is 0.297 e. The van der Waals surface area contributed by atoms with Crippen LogP contribution in [-0.4, -0.2) is 47.1 Å². The van der Waals surface area contributed by atoms with E-state index in [0.717, 1.165) is 0 Å². The van der Waals surface area contributed by atoms with Crippen molar-refractivity contribution >= 4 is 30.0 Å². The Labute approximate surface area is 96.8 Å². The summed E-state index contributed by atoms with van der Waals surface area (Å²) in [6, 6.07) is -0.739. The van der Waals surface area contributed by atoms with Crippen molar-refractivity contribution in [2.75, 3.05) is 0 Å². The third-order valence-corrected chi connectivity index (χ3v) is 2.35. The Hall–Kier alpha value is -2.25. The lowest BCUT2D eigenvalue weighted by molar-refractivity contribution is -0.127. The van der Waals surface area contributed by atoms with Crippen LogP contribution >= 0.6 is 0 Å². The molecule has 0 fully saturated rings. The number of aliphatic imine (C=N–C) groups is 2. The number of fused-ring (bicyclic) bond motifs is 1. The van der Waals surface area contributed by atoms with Gasteiger partial charge in [-0.2, -0.15) is 0 Å². The smallest absolute Gasteiger partial charge is 0.255 e. The Bertz CT molecular complexity index is 456. The lowest BCUT2D eigenvalue weighted by atomic mass is 10.2. The molecule has 2 N–H and O–H groups in total. The Morgan fingerprint density at radius 1 is 1.47 bits per heavy atom. The number of hydrogen-bond acceptors (Lipinski definition) is 5. The Balaban J connectivity index is 2.26. The molecule has 8 nitrogen and oxygen atoms in total. The summed E-state index contributed by atoms with van der Waals surface area (Å²) < 4.78 is 0. The van der Waals surface area contributed by atoms with E-state index in [1.54, 1.807) is 0 Å². The molecular formula is C9H11N5O3. The van der Waals surface area contributed by atoms with Gasteiger partial charge in [-0.05, 0) is 0 Å². The van der Waals surface area contributed by atoms with Crippen LogP contribution in [0.5, 0.6) is 0 Å². The predicted octanol–water partition coefficient (Wildman–Crippen LogP) is -1.81. The fourth-order valence-electron chi connectivity index (χ4n) is 1.63. The number of carbonyl (C=O) groups excluding carboxylic acids is 3. The van der Waals surface area contributed by atoms with Crippen molar-refractivity contribution in [1.82, 2.24) is 15.5 Å². The van der Waals surface area contributed by atoms with Crippen LogP contribution in [0.1, 0.15) is 13.8 Å². The molecule has 0 aromatic rings. The second-order valence-electron chi connectivity index (χ2n) is 3.70. The second kappa shape index (κ2) is 3.96. The van der Waals surface area contributed by atoms with E-state index in [4.69, 9.17) is 0 Å². The molecule has 0 saturated heterocycles. The molecule has 17 heavy (non-hydrogen) atoms. The summed E-state index contributed by atoms with van der Waals surface area (Å²) in [5.41, 5.74) is 0. The van der Waals surface area contributed by atoms with Crippen LogP contribution in [0.2, 0.25) is 0 Å². The number of nitrogens with one attached hydrogen (secondary N) is 2. The maximum Gasteiger partial charge on any atom is 0.255 e. The van der Waals surface area contributed by atoms with Gasteiger partial charge in [0.15, 0.2) is 12.2 Å². The Morgan fingerprint density at radius 2 is 2.18 bits per heavy atom. The molecule has 8 heteroatoms. The minimum atomic E-state index is -0.739. The molecule has 0 bridgehead atoms. The minimum Gasteiger partial charge on any atom is -0.297 e. The van der Waals surface area contributed by atoms with Gasteiger partial charge in [0.05, 0.1) is 6.34 Å². The summed E-state index contributed by atoms with van der Waals surface area (Å²) in [5, 5.41) is 4.78. The number of rotatable bonds is 0. The van der Waals surface area contributed by atoms with Crippen LogP contribution in [0.25, 0.3) is 0 Å². The van der Waals surface area contributed by atoms with Gasteiger partial charge in [-0.15, -0.1) is 0 Å². The molecular weight excluding hydrogens is 226 g/mol. The van der Waals surface area contributed by atoms with Crippen LogP contribution < -0.4 is 10.6 Å². The van der Waals surface area contributed by atoms with Crippen molar-refractivity contribution in [2.24, 2.45) is 9.98 Å². The van der Waals surface area contributed by atoms with E-state index in [1.165, 1.54) is 25.1 Å². The maximum absolute atomic E-state index is 11.6. The summed E-state index contributed by atoms with van der Waals surface area (Å²) in [4.78, 5) is 43.0. The molecule has 90 valence electrons. The van der Waals surface area contributed by atoms with Crippen molar-refractivity contribution in [1.29, 1.82) is 0 Å². The first-order valence-electron chi connectivity index (χ1n) is 4.97. The third kappa shape index (κ3) is 2.01. The highest BCUT2D eigenvalue weighted by molar-refractivity contribution is 6.08. The lowest BCUT2D eigenvalue weighted by Gasteiger charge is -2.26. The van der Waals surface area contributed by atoms with Gasteiger partial charge in [-0.3, -0.25) is 34.9 Å². The van der Waals surface area contributed by atoms with Gasteiger partial charge in [0.1, 0.15) is 0 Å². The van der Waals surface area contributed by atoms with Gasteiger partial charge in [-0.1, -0.05) is 0 Å². The minimum absolute atomic E-state index is 0.0421. The van der Waals surface area contributed by atoms with E-state index in [2.05, 4.69) is 20.6 Å². The average molecular weight is 237 g/mol. The first-order valence-corrected chi connectivity index (χ1v) is 4.97. The molecule has 2 atom stereocenters. The van der Waals surface area contributed by atoms with Gasteiger partial charge in [0, 0.05) is 13.8 Å². The Morgan fingerprint density at radius 3 is 2.76 bits per heavy atom. The van der Waals surface area contributed by atoms with Crippen molar-refractivity contribution in [3.05, 3.63) is 0 Å². The molecule has 0 radical (unpaired) electrons. The zero-order valence-electron chi connectivity index (χ0n) is 9.30. The fourth-order valence-corrected chi connectivity index (χ4v) is 1.63. The molecule has 2 aliphatic heterocycles. The summed E-state index contributed by atoms with van der Waals surface area (Å²) in [5.74, 6) is -0.966. The highest BCUT2D eigenvalue weighted by Gasteiger charge is 2.41. The monoisotopic (exact) mass is 237 g/mol.